The third-order valence-corrected chi connectivity index (χ3v) is 3.73. The molecule has 0 aliphatic heterocycles. The predicted octanol–water partition coefficient (Wildman–Crippen LogP) is 0.696. The van der Waals surface area contributed by atoms with Crippen molar-refractivity contribution in [1.82, 2.24) is 19.9 Å². The predicted molar refractivity (Wildman–Crippen MR) is 71.0 cm³/mol. The van der Waals surface area contributed by atoms with Crippen LogP contribution in [0.4, 0.5) is 0 Å². The summed E-state index contributed by atoms with van der Waals surface area (Å²) in [6.07, 6.45) is 7.06. The largest absolute Gasteiger partial charge is 0.481 e. The first kappa shape index (κ1) is 14.5. The van der Waals surface area contributed by atoms with Gasteiger partial charge in [-0.25, -0.2) is 4.68 Å². The SMILES string of the molecule is CN(C(=O)Cn1cc(CC(=O)O)nn1)C1CCCCC1. The van der Waals surface area contributed by atoms with Crippen LogP contribution in [-0.4, -0.2) is 50.0 Å². The highest BCUT2D eigenvalue weighted by Crippen LogP contribution is 2.21. The fraction of sp³-hybridized carbons (Fsp3) is 0.692. The molecule has 0 spiro atoms. The summed E-state index contributed by atoms with van der Waals surface area (Å²) < 4.78 is 1.40. The number of amides is 1. The first-order valence-corrected chi connectivity index (χ1v) is 6.92. The molecule has 1 aromatic heterocycles. The van der Waals surface area contributed by atoms with Crippen LogP contribution < -0.4 is 0 Å². The van der Waals surface area contributed by atoms with Gasteiger partial charge in [0.25, 0.3) is 0 Å². The van der Waals surface area contributed by atoms with Crippen LogP contribution in [0.1, 0.15) is 37.8 Å². The van der Waals surface area contributed by atoms with Crippen LogP contribution >= 0.6 is 0 Å². The van der Waals surface area contributed by atoms with Crippen LogP contribution in [0.25, 0.3) is 0 Å². The Hall–Kier alpha value is -1.92. The Kier molecular flexibility index (Phi) is 4.70. The van der Waals surface area contributed by atoms with Gasteiger partial charge in [-0.15, -0.1) is 5.10 Å². The normalized spacial score (nSPS) is 16.1. The molecule has 1 amide bonds. The molecule has 1 N–H and O–H groups in total. The number of hydrogen-bond donors (Lipinski definition) is 1. The molecule has 7 nitrogen and oxygen atoms in total. The third kappa shape index (κ3) is 3.79. The molecule has 0 bridgehead atoms. The quantitative estimate of drug-likeness (QED) is 0.857. The number of likely N-dealkylation sites (N-methyl/N-ethyl adjacent to an activating group) is 1. The van der Waals surface area contributed by atoms with Gasteiger partial charge in [0, 0.05) is 19.3 Å². The highest BCUT2D eigenvalue weighted by Gasteiger charge is 2.22. The minimum Gasteiger partial charge on any atom is -0.481 e. The topological polar surface area (TPSA) is 88.3 Å². The van der Waals surface area contributed by atoms with E-state index in [1.807, 2.05) is 7.05 Å². The second-order valence-corrected chi connectivity index (χ2v) is 5.27. The Morgan fingerprint density at radius 3 is 2.75 bits per heavy atom. The monoisotopic (exact) mass is 280 g/mol. The van der Waals surface area contributed by atoms with Crippen LogP contribution in [0.5, 0.6) is 0 Å². The molecule has 1 fully saturated rings. The fourth-order valence-corrected chi connectivity index (χ4v) is 2.57. The van der Waals surface area contributed by atoms with Gasteiger partial charge >= 0.3 is 5.97 Å². The summed E-state index contributed by atoms with van der Waals surface area (Å²) in [6, 6.07) is 0.318. The van der Waals surface area contributed by atoms with Crippen molar-refractivity contribution < 1.29 is 14.7 Å². The van der Waals surface area contributed by atoms with Crippen molar-refractivity contribution in [3.05, 3.63) is 11.9 Å². The Bertz CT molecular complexity index is 480. The zero-order valence-corrected chi connectivity index (χ0v) is 11.7. The number of rotatable bonds is 5. The first-order chi connectivity index (χ1) is 9.56. The summed E-state index contributed by atoms with van der Waals surface area (Å²) >= 11 is 0. The Morgan fingerprint density at radius 1 is 1.40 bits per heavy atom. The number of nitrogens with zero attached hydrogens (tertiary/aromatic N) is 4. The molecule has 0 saturated heterocycles. The molecule has 0 unspecified atom stereocenters. The lowest BCUT2D eigenvalue weighted by Crippen LogP contribution is -2.40. The van der Waals surface area contributed by atoms with Gasteiger partial charge in [-0.2, -0.15) is 0 Å². The summed E-state index contributed by atoms with van der Waals surface area (Å²) in [7, 11) is 1.83. The molecule has 0 atom stereocenters. The van der Waals surface area contributed by atoms with Crippen LogP contribution in [0.2, 0.25) is 0 Å². The molecule has 1 heterocycles. The van der Waals surface area contributed by atoms with E-state index in [-0.39, 0.29) is 18.9 Å². The average Bonchev–Trinajstić information content (AvgIpc) is 2.85. The van der Waals surface area contributed by atoms with E-state index in [1.54, 1.807) is 4.90 Å². The van der Waals surface area contributed by atoms with Crippen molar-refractivity contribution in [1.29, 1.82) is 0 Å². The molecule has 2 rings (SSSR count). The maximum Gasteiger partial charge on any atom is 0.309 e. The number of hydrogen-bond acceptors (Lipinski definition) is 4. The van der Waals surface area contributed by atoms with Crippen LogP contribution in [0, 0.1) is 0 Å². The van der Waals surface area contributed by atoms with Crippen molar-refractivity contribution in [2.75, 3.05) is 7.05 Å². The molecular formula is C13H20N4O3. The lowest BCUT2D eigenvalue weighted by Gasteiger charge is -2.31. The fourth-order valence-electron chi connectivity index (χ4n) is 2.57. The zero-order valence-electron chi connectivity index (χ0n) is 11.7. The van der Waals surface area contributed by atoms with E-state index in [0.717, 1.165) is 12.8 Å². The molecule has 1 aliphatic carbocycles. The van der Waals surface area contributed by atoms with E-state index in [1.165, 1.54) is 30.1 Å². The number of aromatic nitrogens is 3. The van der Waals surface area contributed by atoms with Gasteiger partial charge in [0.1, 0.15) is 6.54 Å². The van der Waals surface area contributed by atoms with Crippen molar-refractivity contribution in [2.24, 2.45) is 0 Å². The third-order valence-electron chi connectivity index (χ3n) is 3.73. The van der Waals surface area contributed by atoms with Crippen molar-refractivity contribution in [2.45, 2.75) is 51.1 Å². The van der Waals surface area contributed by atoms with Gasteiger partial charge in [0.15, 0.2) is 0 Å². The number of carbonyl (C=O) groups excluding carboxylic acids is 1. The van der Waals surface area contributed by atoms with Crippen LogP contribution in [0.3, 0.4) is 0 Å². The highest BCUT2D eigenvalue weighted by molar-refractivity contribution is 5.76. The second kappa shape index (κ2) is 6.49. The van der Waals surface area contributed by atoms with Crippen LogP contribution in [0.15, 0.2) is 6.20 Å². The average molecular weight is 280 g/mol. The zero-order chi connectivity index (χ0) is 14.5. The molecule has 0 radical (unpaired) electrons. The molecule has 1 saturated carbocycles. The minimum atomic E-state index is -0.956. The van der Waals surface area contributed by atoms with Gasteiger partial charge in [0.05, 0.1) is 12.1 Å². The maximum absolute atomic E-state index is 12.2. The number of aliphatic carboxylic acids is 1. The first-order valence-electron chi connectivity index (χ1n) is 6.92. The Balaban J connectivity index is 1.89. The lowest BCUT2D eigenvalue weighted by atomic mass is 9.94. The molecule has 1 aromatic rings. The number of carboxylic acid groups (broad SMARTS) is 1. The summed E-state index contributed by atoms with van der Waals surface area (Å²) in [5.74, 6) is -0.966. The van der Waals surface area contributed by atoms with E-state index < -0.39 is 5.97 Å². The molecule has 7 heteroatoms. The van der Waals surface area contributed by atoms with E-state index in [0.29, 0.717) is 11.7 Å². The second-order valence-electron chi connectivity index (χ2n) is 5.27. The van der Waals surface area contributed by atoms with Gasteiger partial charge in [0.2, 0.25) is 5.91 Å². The summed E-state index contributed by atoms with van der Waals surface area (Å²) in [4.78, 5) is 24.5. The molecule has 1 aliphatic rings. The van der Waals surface area contributed by atoms with Crippen molar-refractivity contribution >= 4 is 11.9 Å². The van der Waals surface area contributed by atoms with E-state index in [2.05, 4.69) is 10.3 Å². The van der Waals surface area contributed by atoms with Gasteiger partial charge in [-0.05, 0) is 12.8 Å². The van der Waals surface area contributed by atoms with Gasteiger partial charge in [-0.1, -0.05) is 24.5 Å². The summed E-state index contributed by atoms with van der Waals surface area (Å²) in [5.41, 5.74) is 0.366. The maximum atomic E-state index is 12.2. The Morgan fingerprint density at radius 2 is 2.10 bits per heavy atom. The smallest absolute Gasteiger partial charge is 0.309 e. The van der Waals surface area contributed by atoms with E-state index >= 15 is 0 Å². The molecule has 0 aromatic carbocycles. The van der Waals surface area contributed by atoms with Crippen molar-refractivity contribution in [3.63, 3.8) is 0 Å². The highest BCUT2D eigenvalue weighted by atomic mass is 16.4. The Labute approximate surface area is 117 Å². The number of carbonyl (C=O) groups is 2. The lowest BCUT2D eigenvalue weighted by molar-refractivity contribution is -0.136. The van der Waals surface area contributed by atoms with E-state index in [4.69, 9.17) is 5.11 Å². The molecular weight excluding hydrogens is 260 g/mol. The van der Waals surface area contributed by atoms with E-state index in [9.17, 15) is 9.59 Å². The number of carboxylic acids is 1. The molecule has 20 heavy (non-hydrogen) atoms. The van der Waals surface area contributed by atoms with Crippen LogP contribution in [-0.2, 0) is 22.6 Å². The summed E-state index contributed by atoms with van der Waals surface area (Å²) in [6.45, 7) is 0.111. The van der Waals surface area contributed by atoms with Gasteiger partial charge < -0.3 is 10.0 Å². The standard InChI is InChI=1S/C13H20N4O3/c1-16(11-5-3-2-4-6-11)12(18)9-17-8-10(14-15-17)7-13(19)20/h8,11H,2-7,9H2,1H3,(H,19,20). The minimum absolute atomic E-state index is 0.0105. The van der Waals surface area contributed by atoms with Gasteiger partial charge in [-0.3, -0.25) is 9.59 Å². The van der Waals surface area contributed by atoms with Crippen molar-refractivity contribution in [3.8, 4) is 0 Å². The summed E-state index contributed by atoms with van der Waals surface area (Å²) in [5, 5.41) is 16.2. The molecule has 110 valence electrons.